The van der Waals surface area contributed by atoms with Gasteiger partial charge >= 0.3 is 0 Å². The van der Waals surface area contributed by atoms with E-state index in [9.17, 15) is 14.4 Å². The average molecular weight is 429 g/mol. The molecule has 0 unspecified atom stereocenters. The lowest BCUT2D eigenvalue weighted by molar-refractivity contribution is -0.129. The lowest BCUT2D eigenvalue weighted by Gasteiger charge is -2.12. The molecule has 0 bridgehead atoms. The third-order valence-corrected chi connectivity index (χ3v) is 5.02. The molecule has 0 aromatic heterocycles. The molecule has 10 heteroatoms. The zero-order valence-electron chi connectivity index (χ0n) is 15.7. The SMILES string of the molecule is COCCCNC(=O)CN1C(=O)S/C(=C\c2cc(Cl)c(OC)cc2OC)C1=O. The van der Waals surface area contributed by atoms with Crippen molar-refractivity contribution in [2.45, 2.75) is 6.42 Å². The quantitative estimate of drug-likeness (QED) is 0.477. The van der Waals surface area contributed by atoms with Crippen molar-refractivity contribution in [2.24, 2.45) is 0 Å². The highest BCUT2D eigenvalue weighted by Crippen LogP contribution is 2.37. The molecule has 0 radical (unpaired) electrons. The number of thioether (sulfide) groups is 1. The van der Waals surface area contributed by atoms with Crippen LogP contribution in [0.25, 0.3) is 6.08 Å². The Hall–Kier alpha value is -2.23. The number of hydrogen-bond donors (Lipinski definition) is 1. The second-order valence-corrected chi connectivity index (χ2v) is 7.09. The van der Waals surface area contributed by atoms with E-state index in [0.717, 1.165) is 16.7 Å². The molecule has 1 aromatic rings. The van der Waals surface area contributed by atoms with Crippen molar-refractivity contribution in [1.82, 2.24) is 10.2 Å². The van der Waals surface area contributed by atoms with Crippen molar-refractivity contribution in [1.29, 1.82) is 0 Å². The molecule has 1 aromatic carbocycles. The van der Waals surface area contributed by atoms with Crippen molar-refractivity contribution in [2.75, 3.05) is 41.0 Å². The highest BCUT2D eigenvalue weighted by molar-refractivity contribution is 8.18. The number of nitrogens with one attached hydrogen (secondary N) is 1. The van der Waals surface area contributed by atoms with Gasteiger partial charge in [0.05, 0.1) is 24.1 Å². The predicted octanol–water partition coefficient (Wildman–Crippen LogP) is 2.55. The molecule has 3 amide bonds. The molecule has 0 spiro atoms. The van der Waals surface area contributed by atoms with E-state index in [2.05, 4.69) is 5.32 Å². The Bertz CT molecular complexity index is 799. The molecule has 1 heterocycles. The standard InChI is InChI=1S/C18H21ClN2O6S/c1-25-6-4-5-20-16(22)10-21-17(23)15(28-18(21)24)8-11-7-12(19)14(27-3)9-13(11)26-2/h7-9H,4-6,10H2,1-3H3,(H,20,22)/b15-8-. The highest BCUT2D eigenvalue weighted by Gasteiger charge is 2.36. The average Bonchev–Trinajstić information content (AvgIpc) is 2.93. The number of carbonyl (C=O) groups excluding carboxylic acids is 3. The lowest BCUT2D eigenvalue weighted by atomic mass is 10.1. The molecule has 28 heavy (non-hydrogen) atoms. The van der Waals surface area contributed by atoms with E-state index in [1.807, 2.05) is 0 Å². The van der Waals surface area contributed by atoms with Crippen molar-refractivity contribution >= 4 is 46.5 Å². The van der Waals surface area contributed by atoms with Crippen molar-refractivity contribution < 1.29 is 28.6 Å². The fourth-order valence-corrected chi connectivity index (χ4v) is 3.50. The van der Waals surface area contributed by atoms with Crippen molar-refractivity contribution in [3.05, 3.63) is 27.6 Å². The number of ether oxygens (including phenoxy) is 3. The Kier molecular flexibility index (Phi) is 8.16. The Morgan fingerprint density at radius 2 is 1.93 bits per heavy atom. The maximum atomic E-state index is 12.6. The molecule has 152 valence electrons. The number of halogens is 1. The summed E-state index contributed by atoms with van der Waals surface area (Å²) in [4.78, 5) is 37.8. The maximum absolute atomic E-state index is 12.6. The van der Waals surface area contributed by atoms with Gasteiger partial charge in [-0.3, -0.25) is 19.3 Å². The van der Waals surface area contributed by atoms with Crippen LogP contribution in [-0.2, 0) is 14.3 Å². The molecule has 8 nitrogen and oxygen atoms in total. The monoisotopic (exact) mass is 428 g/mol. The van der Waals surface area contributed by atoms with Crippen LogP contribution >= 0.6 is 23.4 Å². The Labute approximate surface area is 172 Å². The van der Waals surface area contributed by atoms with Crippen molar-refractivity contribution in [3.8, 4) is 11.5 Å². The minimum absolute atomic E-state index is 0.178. The van der Waals surface area contributed by atoms with E-state index in [0.29, 0.717) is 41.7 Å². The topological polar surface area (TPSA) is 94.2 Å². The first kappa shape index (κ1) is 22.1. The smallest absolute Gasteiger partial charge is 0.294 e. The maximum Gasteiger partial charge on any atom is 0.294 e. The summed E-state index contributed by atoms with van der Waals surface area (Å²) in [5.41, 5.74) is 0.516. The van der Waals surface area contributed by atoms with Gasteiger partial charge in [0.1, 0.15) is 18.0 Å². The number of nitrogens with zero attached hydrogens (tertiary/aromatic N) is 1. The summed E-state index contributed by atoms with van der Waals surface area (Å²) in [5.74, 6) is -0.0985. The fraction of sp³-hybridized carbons (Fsp3) is 0.389. The van der Waals surface area contributed by atoms with Gasteiger partial charge in [0.2, 0.25) is 5.91 Å². The van der Waals surface area contributed by atoms with E-state index in [1.165, 1.54) is 20.3 Å². The number of imide groups is 1. The van der Waals surface area contributed by atoms with Gasteiger partial charge in [-0.05, 0) is 30.3 Å². The van der Waals surface area contributed by atoms with Crippen LogP contribution in [0.15, 0.2) is 17.0 Å². The van der Waals surface area contributed by atoms with E-state index in [-0.39, 0.29) is 11.4 Å². The Morgan fingerprint density at radius 3 is 2.57 bits per heavy atom. The van der Waals surface area contributed by atoms with Gasteiger partial charge in [0.15, 0.2) is 0 Å². The van der Waals surface area contributed by atoms with Crippen LogP contribution < -0.4 is 14.8 Å². The molecular weight excluding hydrogens is 408 g/mol. The van der Waals surface area contributed by atoms with E-state index in [4.69, 9.17) is 25.8 Å². The van der Waals surface area contributed by atoms with Crippen LogP contribution in [0.1, 0.15) is 12.0 Å². The number of rotatable bonds is 9. The van der Waals surface area contributed by atoms with Gasteiger partial charge < -0.3 is 19.5 Å². The summed E-state index contributed by atoms with van der Waals surface area (Å²) in [5, 5.41) is 2.47. The fourth-order valence-electron chi connectivity index (χ4n) is 2.42. The summed E-state index contributed by atoms with van der Waals surface area (Å²) in [6, 6.07) is 3.17. The minimum Gasteiger partial charge on any atom is -0.496 e. The van der Waals surface area contributed by atoms with E-state index >= 15 is 0 Å². The third-order valence-electron chi connectivity index (χ3n) is 3.81. The molecule has 1 fully saturated rings. The van der Waals surface area contributed by atoms with Gasteiger partial charge in [-0.15, -0.1) is 0 Å². The molecule has 2 rings (SSSR count). The first-order valence-corrected chi connectivity index (χ1v) is 9.53. The van der Waals surface area contributed by atoms with Crippen molar-refractivity contribution in [3.63, 3.8) is 0 Å². The minimum atomic E-state index is -0.545. The molecule has 1 saturated heterocycles. The second kappa shape index (κ2) is 10.4. The molecule has 1 N–H and O–H groups in total. The third kappa shape index (κ3) is 5.40. The summed E-state index contributed by atoms with van der Waals surface area (Å²) in [7, 11) is 4.52. The van der Waals surface area contributed by atoms with Gasteiger partial charge in [-0.2, -0.15) is 0 Å². The summed E-state index contributed by atoms with van der Waals surface area (Å²) >= 11 is 6.89. The summed E-state index contributed by atoms with van der Waals surface area (Å²) in [6.07, 6.45) is 2.15. The van der Waals surface area contributed by atoms with Gasteiger partial charge in [0.25, 0.3) is 11.1 Å². The Morgan fingerprint density at radius 1 is 1.21 bits per heavy atom. The molecule has 0 atom stereocenters. The summed E-state index contributed by atoms with van der Waals surface area (Å²) < 4.78 is 15.3. The van der Waals surface area contributed by atoms with Crippen LogP contribution in [-0.4, -0.2) is 63.0 Å². The van der Waals surface area contributed by atoms with Crippen LogP contribution in [0, 0.1) is 0 Å². The molecule has 1 aliphatic rings. The lowest BCUT2D eigenvalue weighted by Crippen LogP contribution is -2.39. The predicted molar refractivity (Wildman–Crippen MR) is 107 cm³/mol. The first-order valence-electron chi connectivity index (χ1n) is 8.33. The largest absolute Gasteiger partial charge is 0.496 e. The zero-order chi connectivity index (χ0) is 20.7. The number of amides is 3. The van der Waals surface area contributed by atoms with E-state index in [1.54, 1.807) is 19.2 Å². The number of hydrogen-bond acceptors (Lipinski definition) is 7. The van der Waals surface area contributed by atoms with Gasteiger partial charge in [-0.25, -0.2) is 0 Å². The van der Waals surface area contributed by atoms with Crippen LogP contribution in [0.5, 0.6) is 11.5 Å². The highest BCUT2D eigenvalue weighted by atomic mass is 35.5. The molecule has 1 aliphatic heterocycles. The number of carbonyl (C=O) groups is 3. The number of benzene rings is 1. The van der Waals surface area contributed by atoms with Gasteiger partial charge in [-0.1, -0.05) is 11.6 Å². The first-order chi connectivity index (χ1) is 13.4. The molecule has 0 aliphatic carbocycles. The van der Waals surface area contributed by atoms with Gasteiger partial charge in [0, 0.05) is 31.9 Å². The molecular formula is C18H21ClN2O6S. The second-order valence-electron chi connectivity index (χ2n) is 5.69. The van der Waals surface area contributed by atoms with Crippen LogP contribution in [0.2, 0.25) is 5.02 Å². The normalized spacial score (nSPS) is 15.3. The zero-order valence-corrected chi connectivity index (χ0v) is 17.3. The van der Waals surface area contributed by atoms with E-state index < -0.39 is 17.1 Å². The number of methoxy groups -OCH3 is 3. The molecule has 0 saturated carbocycles. The van der Waals surface area contributed by atoms with Crippen LogP contribution in [0.3, 0.4) is 0 Å². The van der Waals surface area contributed by atoms with Crippen LogP contribution in [0.4, 0.5) is 4.79 Å². The summed E-state index contributed by atoms with van der Waals surface area (Å²) in [6.45, 7) is 0.576. The Balaban J connectivity index is 2.12.